The second kappa shape index (κ2) is 4.56. The first-order valence-corrected chi connectivity index (χ1v) is 4.90. The molecule has 1 rings (SSSR count). The first kappa shape index (κ1) is 11.2. The molecule has 0 aromatic heterocycles. The molecule has 1 aromatic rings. The fraction of sp³-hybridized carbons (Fsp3) is 0.455. The molecule has 0 aliphatic heterocycles. The van der Waals surface area contributed by atoms with Crippen LogP contribution in [0.1, 0.15) is 23.4 Å². The number of methoxy groups -OCH3 is 2. The molecule has 0 saturated carbocycles. The highest BCUT2D eigenvalue weighted by Crippen LogP contribution is 2.34. The highest BCUT2D eigenvalue weighted by molar-refractivity contribution is 6.20. The van der Waals surface area contributed by atoms with Gasteiger partial charge in [0.25, 0.3) is 0 Å². The number of benzene rings is 1. The molecule has 1 aromatic carbocycles. The first-order chi connectivity index (χ1) is 6.60. The van der Waals surface area contributed by atoms with Crippen LogP contribution in [-0.4, -0.2) is 14.2 Å². The van der Waals surface area contributed by atoms with E-state index in [2.05, 4.69) is 0 Å². The molecule has 14 heavy (non-hydrogen) atoms. The molecule has 1 unspecified atom stereocenters. The van der Waals surface area contributed by atoms with Crippen LogP contribution in [0.2, 0.25) is 0 Å². The molecule has 0 radical (unpaired) electrons. The summed E-state index contributed by atoms with van der Waals surface area (Å²) in [5.41, 5.74) is 2.19. The predicted octanol–water partition coefficient (Wildman–Crippen LogP) is 3.31. The topological polar surface area (TPSA) is 18.5 Å². The van der Waals surface area contributed by atoms with Gasteiger partial charge in [-0.2, -0.15) is 0 Å². The van der Waals surface area contributed by atoms with Gasteiger partial charge in [0, 0.05) is 0 Å². The molecular formula is C11H15ClO2. The molecule has 0 aliphatic rings. The summed E-state index contributed by atoms with van der Waals surface area (Å²) in [6.45, 7) is 3.95. The normalized spacial score (nSPS) is 12.4. The number of hydrogen-bond donors (Lipinski definition) is 0. The monoisotopic (exact) mass is 214 g/mol. The fourth-order valence-corrected chi connectivity index (χ4v) is 1.66. The second-order valence-corrected chi connectivity index (χ2v) is 3.83. The zero-order chi connectivity index (χ0) is 10.7. The van der Waals surface area contributed by atoms with Crippen molar-refractivity contribution in [3.8, 4) is 11.5 Å². The van der Waals surface area contributed by atoms with Crippen LogP contribution in [0.15, 0.2) is 12.1 Å². The van der Waals surface area contributed by atoms with Crippen LogP contribution >= 0.6 is 11.6 Å². The van der Waals surface area contributed by atoms with Crippen molar-refractivity contribution in [1.29, 1.82) is 0 Å². The summed E-state index contributed by atoms with van der Waals surface area (Å²) >= 11 is 6.04. The number of halogens is 1. The molecular weight excluding hydrogens is 200 g/mol. The molecule has 2 nitrogen and oxygen atoms in total. The summed E-state index contributed by atoms with van der Waals surface area (Å²) in [7, 11) is 3.25. The summed E-state index contributed by atoms with van der Waals surface area (Å²) in [6, 6.07) is 3.86. The summed E-state index contributed by atoms with van der Waals surface area (Å²) in [6.07, 6.45) is 0. The van der Waals surface area contributed by atoms with Gasteiger partial charge < -0.3 is 9.47 Å². The highest BCUT2D eigenvalue weighted by atomic mass is 35.5. The molecule has 0 aliphatic carbocycles. The Hall–Kier alpha value is -0.890. The minimum absolute atomic E-state index is 0.0187. The van der Waals surface area contributed by atoms with E-state index in [1.807, 2.05) is 26.0 Å². The van der Waals surface area contributed by atoms with Crippen LogP contribution in [0, 0.1) is 6.92 Å². The van der Waals surface area contributed by atoms with E-state index in [4.69, 9.17) is 21.1 Å². The Labute approximate surface area is 89.8 Å². The number of rotatable bonds is 3. The third-order valence-electron chi connectivity index (χ3n) is 2.20. The van der Waals surface area contributed by atoms with Crippen LogP contribution in [0.5, 0.6) is 11.5 Å². The van der Waals surface area contributed by atoms with Crippen molar-refractivity contribution in [3.63, 3.8) is 0 Å². The number of ether oxygens (including phenoxy) is 2. The largest absolute Gasteiger partial charge is 0.493 e. The summed E-state index contributed by atoms with van der Waals surface area (Å²) in [4.78, 5) is 0. The lowest BCUT2D eigenvalue weighted by Crippen LogP contribution is -1.96. The Bertz CT molecular complexity index is 321. The third kappa shape index (κ3) is 2.13. The van der Waals surface area contributed by atoms with Gasteiger partial charge in [-0.25, -0.2) is 0 Å². The summed E-state index contributed by atoms with van der Waals surface area (Å²) < 4.78 is 10.4. The van der Waals surface area contributed by atoms with Gasteiger partial charge in [-0.3, -0.25) is 0 Å². The van der Waals surface area contributed by atoms with Crippen LogP contribution in [0.4, 0.5) is 0 Å². The Morgan fingerprint density at radius 2 is 1.64 bits per heavy atom. The fourth-order valence-electron chi connectivity index (χ4n) is 1.42. The van der Waals surface area contributed by atoms with E-state index in [1.165, 1.54) is 0 Å². The third-order valence-corrected chi connectivity index (χ3v) is 2.44. The van der Waals surface area contributed by atoms with Crippen molar-refractivity contribution in [2.24, 2.45) is 0 Å². The van der Waals surface area contributed by atoms with Gasteiger partial charge in [0.05, 0.1) is 19.6 Å². The molecule has 0 N–H and O–H groups in total. The first-order valence-electron chi connectivity index (χ1n) is 4.46. The zero-order valence-corrected chi connectivity index (χ0v) is 9.68. The molecule has 3 heteroatoms. The van der Waals surface area contributed by atoms with Crippen molar-refractivity contribution in [2.75, 3.05) is 14.2 Å². The lowest BCUT2D eigenvalue weighted by molar-refractivity contribution is 0.354. The summed E-state index contributed by atoms with van der Waals surface area (Å²) in [5, 5.41) is -0.0187. The lowest BCUT2D eigenvalue weighted by Gasteiger charge is -2.13. The SMILES string of the molecule is COc1cc(C)c(C(C)Cl)cc1OC. The van der Waals surface area contributed by atoms with Crippen LogP contribution < -0.4 is 9.47 Å². The van der Waals surface area contributed by atoms with E-state index in [0.717, 1.165) is 22.6 Å². The number of aryl methyl sites for hydroxylation is 1. The Kier molecular flexibility index (Phi) is 3.64. The maximum absolute atomic E-state index is 6.04. The van der Waals surface area contributed by atoms with Gasteiger partial charge in [0.15, 0.2) is 11.5 Å². The van der Waals surface area contributed by atoms with E-state index in [9.17, 15) is 0 Å². The molecule has 0 saturated heterocycles. The van der Waals surface area contributed by atoms with Crippen molar-refractivity contribution >= 4 is 11.6 Å². The summed E-state index contributed by atoms with van der Waals surface area (Å²) in [5.74, 6) is 1.46. The maximum Gasteiger partial charge on any atom is 0.161 e. The Morgan fingerprint density at radius 3 is 2.07 bits per heavy atom. The van der Waals surface area contributed by atoms with Gasteiger partial charge in [-0.05, 0) is 37.1 Å². The van der Waals surface area contributed by atoms with Gasteiger partial charge in [-0.15, -0.1) is 11.6 Å². The Balaban J connectivity index is 3.23. The minimum atomic E-state index is -0.0187. The smallest absolute Gasteiger partial charge is 0.161 e. The van der Waals surface area contributed by atoms with Gasteiger partial charge in [0.2, 0.25) is 0 Å². The van der Waals surface area contributed by atoms with E-state index in [-0.39, 0.29) is 5.38 Å². The highest BCUT2D eigenvalue weighted by Gasteiger charge is 2.11. The van der Waals surface area contributed by atoms with Crippen molar-refractivity contribution in [3.05, 3.63) is 23.3 Å². The van der Waals surface area contributed by atoms with Crippen LogP contribution in [-0.2, 0) is 0 Å². The van der Waals surface area contributed by atoms with E-state index < -0.39 is 0 Å². The Morgan fingerprint density at radius 1 is 1.14 bits per heavy atom. The zero-order valence-electron chi connectivity index (χ0n) is 8.93. The molecule has 0 spiro atoms. The van der Waals surface area contributed by atoms with Crippen molar-refractivity contribution < 1.29 is 9.47 Å². The standard InChI is InChI=1S/C11H15ClO2/c1-7-5-10(13-3)11(14-4)6-9(7)8(2)12/h5-6,8H,1-4H3. The van der Waals surface area contributed by atoms with E-state index >= 15 is 0 Å². The molecule has 0 bridgehead atoms. The van der Waals surface area contributed by atoms with E-state index in [0.29, 0.717) is 0 Å². The van der Waals surface area contributed by atoms with Crippen molar-refractivity contribution in [2.45, 2.75) is 19.2 Å². The molecule has 1 atom stereocenters. The number of hydrogen-bond acceptors (Lipinski definition) is 2. The molecule has 0 fully saturated rings. The van der Waals surface area contributed by atoms with Gasteiger partial charge in [-0.1, -0.05) is 0 Å². The maximum atomic E-state index is 6.04. The van der Waals surface area contributed by atoms with Crippen LogP contribution in [0.3, 0.4) is 0 Å². The minimum Gasteiger partial charge on any atom is -0.493 e. The lowest BCUT2D eigenvalue weighted by atomic mass is 10.1. The molecule has 78 valence electrons. The average Bonchev–Trinajstić information content (AvgIpc) is 2.16. The van der Waals surface area contributed by atoms with E-state index in [1.54, 1.807) is 14.2 Å². The van der Waals surface area contributed by atoms with Crippen molar-refractivity contribution in [1.82, 2.24) is 0 Å². The number of alkyl halides is 1. The predicted molar refractivity (Wildman–Crippen MR) is 58.6 cm³/mol. The van der Waals surface area contributed by atoms with Gasteiger partial charge >= 0.3 is 0 Å². The second-order valence-electron chi connectivity index (χ2n) is 3.18. The molecule has 0 heterocycles. The average molecular weight is 215 g/mol. The quantitative estimate of drug-likeness (QED) is 0.719. The molecule has 0 amide bonds. The van der Waals surface area contributed by atoms with Gasteiger partial charge in [0.1, 0.15) is 0 Å². The van der Waals surface area contributed by atoms with Crippen LogP contribution in [0.25, 0.3) is 0 Å².